The van der Waals surface area contributed by atoms with Crippen molar-refractivity contribution in [2.24, 2.45) is 0 Å². The molecule has 12 heteroatoms. The number of alkyl halides is 3. The molecule has 0 spiro atoms. The zero-order valence-electron chi connectivity index (χ0n) is 18.6. The van der Waals surface area contributed by atoms with Crippen molar-refractivity contribution in [1.29, 1.82) is 0 Å². The second-order valence-corrected chi connectivity index (χ2v) is 9.26. The third kappa shape index (κ3) is 4.59. The van der Waals surface area contributed by atoms with E-state index in [0.717, 1.165) is 40.6 Å². The average molecular weight is 492 g/mol. The van der Waals surface area contributed by atoms with Crippen LogP contribution >= 0.6 is 11.3 Å². The molecular weight excluding hydrogens is 467 g/mol. The molecule has 1 aliphatic heterocycles. The van der Waals surface area contributed by atoms with Gasteiger partial charge >= 0.3 is 12.2 Å². The molecule has 1 aliphatic rings. The van der Waals surface area contributed by atoms with Crippen LogP contribution in [0.1, 0.15) is 36.3 Å². The first-order chi connectivity index (χ1) is 16.4. The van der Waals surface area contributed by atoms with E-state index in [1.165, 1.54) is 4.88 Å². The average Bonchev–Trinajstić information content (AvgIpc) is 3.54. The summed E-state index contributed by atoms with van der Waals surface area (Å²) < 4.78 is 48.8. The van der Waals surface area contributed by atoms with Crippen molar-refractivity contribution in [3.63, 3.8) is 0 Å². The van der Waals surface area contributed by atoms with E-state index in [0.29, 0.717) is 19.0 Å². The van der Waals surface area contributed by atoms with Gasteiger partial charge in [0.25, 0.3) is 0 Å². The Morgan fingerprint density at radius 2 is 1.94 bits per heavy atom. The molecule has 5 heterocycles. The molecule has 0 amide bonds. The number of anilines is 1. The van der Waals surface area contributed by atoms with Crippen LogP contribution in [0, 0.1) is 0 Å². The predicted molar refractivity (Wildman–Crippen MR) is 122 cm³/mol. The molecule has 0 aliphatic carbocycles. The third-order valence-corrected chi connectivity index (χ3v) is 6.75. The Balaban J connectivity index is 1.40. The first-order valence-electron chi connectivity index (χ1n) is 11.2. The quantitative estimate of drug-likeness (QED) is 0.337. The van der Waals surface area contributed by atoms with Crippen LogP contribution in [0.15, 0.2) is 30.6 Å². The van der Waals surface area contributed by atoms with Crippen LogP contribution in [-0.2, 0) is 32.2 Å². The van der Waals surface area contributed by atoms with Crippen molar-refractivity contribution < 1.29 is 17.9 Å². The van der Waals surface area contributed by atoms with Gasteiger partial charge in [-0.2, -0.15) is 23.1 Å². The molecule has 0 atom stereocenters. The Morgan fingerprint density at radius 3 is 2.71 bits per heavy atom. The number of hydrogen-bond donors (Lipinski definition) is 0. The zero-order valence-corrected chi connectivity index (χ0v) is 19.4. The van der Waals surface area contributed by atoms with Crippen molar-refractivity contribution in [3.8, 4) is 6.01 Å². The fourth-order valence-corrected chi connectivity index (χ4v) is 5.21. The highest BCUT2D eigenvalue weighted by Gasteiger charge is 2.39. The normalized spacial score (nSPS) is 14.1. The SMILES string of the molecule is CCCc1cc2c(N3CCn4c(nnc4C(F)(F)F)C3)nc(OCCCn3cccc3)nc2s1. The molecule has 5 rings (SSSR count). The fourth-order valence-electron chi connectivity index (χ4n) is 4.09. The van der Waals surface area contributed by atoms with E-state index in [1.54, 1.807) is 11.3 Å². The highest BCUT2D eigenvalue weighted by Crippen LogP contribution is 2.35. The van der Waals surface area contributed by atoms with Gasteiger partial charge in [0.05, 0.1) is 18.5 Å². The van der Waals surface area contributed by atoms with Crippen LogP contribution < -0.4 is 9.64 Å². The van der Waals surface area contributed by atoms with Crippen molar-refractivity contribution >= 4 is 27.4 Å². The van der Waals surface area contributed by atoms with Crippen LogP contribution in [-0.4, -0.2) is 42.5 Å². The maximum atomic E-state index is 13.2. The van der Waals surface area contributed by atoms with E-state index in [-0.39, 0.29) is 24.9 Å². The lowest BCUT2D eigenvalue weighted by Gasteiger charge is -2.29. The van der Waals surface area contributed by atoms with Crippen molar-refractivity contribution in [1.82, 2.24) is 29.3 Å². The molecule has 0 aromatic carbocycles. The minimum Gasteiger partial charge on any atom is -0.463 e. The van der Waals surface area contributed by atoms with E-state index in [2.05, 4.69) is 37.7 Å². The second kappa shape index (κ2) is 9.24. The molecule has 0 saturated heterocycles. The van der Waals surface area contributed by atoms with E-state index >= 15 is 0 Å². The summed E-state index contributed by atoms with van der Waals surface area (Å²) in [6.45, 7) is 4.06. The van der Waals surface area contributed by atoms with E-state index < -0.39 is 12.0 Å². The number of halogens is 3. The molecular formula is C22H24F3N7OS. The van der Waals surface area contributed by atoms with Gasteiger partial charge in [0.1, 0.15) is 10.6 Å². The number of ether oxygens (including phenoxy) is 1. The van der Waals surface area contributed by atoms with Gasteiger partial charge in [0, 0.05) is 36.9 Å². The van der Waals surface area contributed by atoms with Crippen LogP contribution in [0.5, 0.6) is 6.01 Å². The Labute approximate surface area is 198 Å². The maximum Gasteiger partial charge on any atom is 0.451 e. The van der Waals surface area contributed by atoms with Gasteiger partial charge in [-0.15, -0.1) is 21.5 Å². The molecule has 4 aromatic heterocycles. The number of hydrogen-bond acceptors (Lipinski definition) is 7. The van der Waals surface area contributed by atoms with Gasteiger partial charge in [0.2, 0.25) is 5.82 Å². The first-order valence-corrected chi connectivity index (χ1v) is 12.0. The van der Waals surface area contributed by atoms with E-state index in [1.807, 2.05) is 29.4 Å². The molecule has 180 valence electrons. The van der Waals surface area contributed by atoms with Crippen LogP contribution in [0.3, 0.4) is 0 Å². The number of nitrogens with zero attached hydrogens (tertiary/aromatic N) is 7. The monoisotopic (exact) mass is 491 g/mol. The van der Waals surface area contributed by atoms with E-state index in [4.69, 9.17) is 4.74 Å². The summed E-state index contributed by atoms with van der Waals surface area (Å²) in [7, 11) is 0. The standard InChI is InChI=1S/C22H24F3N7OS/c1-2-6-15-13-16-18(31-10-11-32-17(14-31)28-29-20(32)22(23,24)25)26-21(27-19(16)34-15)33-12-5-9-30-7-3-4-8-30/h3-4,7-8,13H,2,5-6,9-12,14H2,1H3. The molecule has 4 aromatic rings. The molecule has 0 N–H and O–H groups in total. The smallest absolute Gasteiger partial charge is 0.451 e. The number of rotatable bonds is 8. The minimum atomic E-state index is -4.53. The van der Waals surface area contributed by atoms with Crippen LogP contribution in [0.2, 0.25) is 0 Å². The molecule has 0 radical (unpaired) electrons. The topological polar surface area (TPSA) is 73.9 Å². The summed E-state index contributed by atoms with van der Waals surface area (Å²) >= 11 is 1.60. The summed E-state index contributed by atoms with van der Waals surface area (Å²) in [5.74, 6) is -0.0298. The van der Waals surface area contributed by atoms with Crippen LogP contribution in [0.25, 0.3) is 10.2 Å². The zero-order chi connectivity index (χ0) is 23.7. The number of aryl methyl sites for hydroxylation is 2. The Morgan fingerprint density at radius 1 is 1.12 bits per heavy atom. The van der Waals surface area contributed by atoms with Gasteiger partial charge in [-0.3, -0.25) is 0 Å². The number of aromatic nitrogens is 6. The number of fused-ring (bicyclic) bond motifs is 2. The molecule has 8 nitrogen and oxygen atoms in total. The first kappa shape index (κ1) is 22.6. The fraction of sp³-hybridized carbons (Fsp3) is 0.455. The van der Waals surface area contributed by atoms with Gasteiger partial charge in [-0.1, -0.05) is 13.3 Å². The van der Waals surface area contributed by atoms with Crippen molar-refractivity contribution in [3.05, 3.63) is 47.1 Å². The Kier molecular flexibility index (Phi) is 6.15. The van der Waals surface area contributed by atoms with Gasteiger partial charge in [0.15, 0.2) is 5.82 Å². The lowest BCUT2D eigenvalue weighted by Crippen LogP contribution is -2.36. The van der Waals surface area contributed by atoms with Gasteiger partial charge < -0.3 is 18.8 Å². The summed E-state index contributed by atoms with van der Waals surface area (Å²) in [6, 6.07) is 6.32. The molecule has 0 bridgehead atoms. The Hall–Kier alpha value is -3.15. The largest absolute Gasteiger partial charge is 0.463 e. The second-order valence-electron chi connectivity index (χ2n) is 8.14. The number of thiophene rings is 1. The maximum absolute atomic E-state index is 13.2. The van der Waals surface area contributed by atoms with Gasteiger partial charge in [-0.05, 0) is 31.0 Å². The van der Waals surface area contributed by atoms with E-state index in [9.17, 15) is 13.2 Å². The highest BCUT2D eigenvalue weighted by atomic mass is 32.1. The van der Waals surface area contributed by atoms with Gasteiger partial charge in [-0.25, -0.2) is 0 Å². The van der Waals surface area contributed by atoms with Crippen molar-refractivity contribution in [2.45, 2.75) is 52.0 Å². The Bertz CT molecular complexity index is 1270. The summed E-state index contributed by atoms with van der Waals surface area (Å²) in [5.41, 5.74) is 0. The lowest BCUT2D eigenvalue weighted by molar-refractivity contribution is -0.147. The molecule has 0 saturated carbocycles. The summed E-state index contributed by atoms with van der Waals surface area (Å²) in [6.07, 6.45) is 2.20. The molecule has 0 unspecified atom stereocenters. The molecule has 34 heavy (non-hydrogen) atoms. The van der Waals surface area contributed by atoms with Crippen LogP contribution in [0.4, 0.5) is 19.0 Å². The highest BCUT2D eigenvalue weighted by molar-refractivity contribution is 7.18. The summed E-state index contributed by atoms with van der Waals surface area (Å²) in [4.78, 5) is 13.2. The minimum absolute atomic E-state index is 0.127. The van der Waals surface area contributed by atoms with Crippen molar-refractivity contribution in [2.75, 3.05) is 18.1 Å². The lowest BCUT2D eigenvalue weighted by atomic mass is 10.2. The predicted octanol–water partition coefficient (Wildman–Crippen LogP) is 4.54. The third-order valence-electron chi connectivity index (χ3n) is 5.66. The summed E-state index contributed by atoms with van der Waals surface area (Å²) in [5, 5.41) is 8.06. The molecule has 0 fully saturated rings.